The molecule has 0 aromatic heterocycles. The van der Waals surface area contributed by atoms with Crippen molar-refractivity contribution in [3.05, 3.63) is 0 Å². The number of hydrogen-bond acceptors (Lipinski definition) is 2. The Morgan fingerprint density at radius 2 is 1.84 bits per heavy atom. The van der Waals surface area contributed by atoms with Crippen molar-refractivity contribution in [1.29, 1.82) is 0 Å². The van der Waals surface area contributed by atoms with Gasteiger partial charge in [-0.05, 0) is 31.1 Å². The first-order valence-corrected chi connectivity index (χ1v) is 7.12. The number of carboxylic acids is 1. The van der Waals surface area contributed by atoms with Crippen molar-refractivity contribution in [2.45, 2.75) is 59.0 Å². The van der Waals surface area contributed by atoms with Crippen molar-refractivity contribution in [1.82, 2.24) is 10.2 Å². The van der Waals surface area contributed by atoms with Gasteiger partial charge in [0.25, 0.3) is 0 Å². The Morgan fingerprint density at radius 1 is 1.26 bits per heavy atom. The highest BCUT2D eigenvalue weighted by Crippen LogP contribution is 2.27. The van der Waals surface area contributed by atoms with Crippen LogP contribution in [0.5, 0.6) is 0 Å². The van der Waals surface area contributed by atoms with E-state index in [-0.39, 0.29) is 11.9 Å². The third-order valence-electron chi connectivity index (χ3n) is 3.41. The van der Waals surface area contributed by atoms with Crippen LogP contribution in [0.3, 0.4) is 0 Å². The van der Waals surface area contributed by atoms with Gasteiger partial charge in [0.2, 0.25) is 0 Å². The molecule has 110 valence electrons. The normalized spacial score (nSPS) is 16.5. The molecule has 1 aliphatic carbocycles. The van der Waals surface area contributed by atoms with Gasteiger partial charge in [0, 0.05) is 12.6 Å². The zero-order chi connectivity index (χ0) is 14.6. The number of urea groups is 1. The number of nitrogens with one attached hydrogen (secondary N) is 1. The zero-order valence-electron chi connectivity index (χ0n) is 12.3. The van der Waals surface area contributed by atoms with Crippen molar-refractivity contribution >= 4 is 12.0 Å². The van der Waals surface area contributed by atoms with Gasteiger partial charge in [0.05, 0.1) is 0 Å². The van der Waals surface area contributed by atoms with E-state index >= 15 is 0 Å². The Kier molecular flexibility index (Phi) is 5.63. The average Bonchev–Trinajstić information content (AvgIpc) is 3.09. The molecule has 0 spiro atoms. The number of carbonyl (C=O) groups is 2. The minimum Gasteiger partial charge on any atom is -0.480 e. The maximum absolute atomic E-state index is 12.2. The molecule has 2 amide bonds. The standard InChI is InChI=1S/C14H26N2O3/c1-9(2)7-8-16(11-5-6-11)14(19)15-12(10(3)4)13(17)18/h9-12H,5-8H2,1-4H3,(H,15,19)(H,17,18). The predicted octanol–water partition coefficient (Wildman–Crippen LogP) is 2.32. The van der Waals surface area contributed by atoms with E-state index in [1.54, 1.807) is 18.7 Å². The molecule has 2 N–H and O–H groups in total. The molecule has 19 heavy (non-hydrogen) atoms. The Labute approximate surface area is 115 Å². The van der Waals surface area contributed by atoms with Gasteiger partial charge < -0.3 is 15.3 Å². The molecular weight excluding hydrogens is 244 g/mol. The lowest BCUT2D eigenvalue weighted by atomic mass is 10.1. The van der Waals surface area contributed by atoms with Crippen LogP contribution in [0.4, 0.5) is 4.79 Å². The second-order valence-corrected chi connectivity index (χ2v) is 6.12. The number of aliphatic carboxylic acids is 1. The van der Waals surface area contributed by atoms with Crippen molar-refractivity contribution < 1.29 is 14.7 Å². The quantitative estimate of drug-likeness (QED) is 0.746. The molecular formula is C14H26N2O3. The zero-order valence-corrected chi connectivity index (χ0v) is 12.3. The number of hydrogen-bond donors (Lipinski definition) is 2. The molecule has 0 saturated heterocycles. The first-order chi connectivity index (χ1) is 8.82. The van der Waals surface area contributed by atoms with Gasteiger partial charge in [-0.15, -0.1) is 0 Å². The first kappa shape index (κ1) is 15.8. The highest BCUT2D eigenvalue weighted by Gasteiger charge is 2.34. The van der Waals surface area contributed by atoms with Crippen LogP contribution in [0.15, 0.2) is 0 Å². The van der Waals surface area contributed by atoms with Crippen LogP contribution < -0.4 is 5.32 Å². The minimum atomic E-state index is -0.969. The number of nitrogens with zero attached hydrogens (tertiary/aromatic N) is 1. The SMILES string of the molecule is CC(C)CCN(C(=O)NC(C(=O)O)C(C)C)C1CC1. The highest BCUT2D eigenvalue weighted by molar-refractivity contribution is 5.83. The number of carbonyl (C=O) groups excluding carboxylic acids is 1. The van der Waals surface area contributed by atoms with Gasteiger partial charge >= 0.3 is 12.0 Å². The maximum atomic E-state index is 12.2. The molecule has 0 aromatic rings. The van der Waals surface area contributed by atoms with Crippen molar-refractivity contribution in [2.24, 2.45) is 11.8 Å². The van der Waals surface area contributed by atoms with Gasteiger partial charge in [-0.1, -0.05) is 27.7 Å². The molecule has 5 nitrogen and oxygen atoms in total. The molecule has 0 aromatic carbocycles. The molecule has 1 unspecified atom stereocenters. The third kappa shape index (κ3) is 5.09. The summed E-state index contributed by atoms with van der Waals surface area (Å²) in [5, 5.41) is 11.8. The third-order valence-corrected chi connectivity index (χ3v) is 3.41. The second-order valence-electron chi connectivity index (χ2n) is 6.12. The summed E-state index contributed by atoms with van der Waals surface area (Å²) in [4.78, 5) is 25.1. The summed E-state index contributed by atoms with van der Waals surface area (Å²) in [6.07, 6.45) is 3.01. The molecule has 1 saturated carbocycles. The van der Waals surface area contributed by atoms with E-state index in [0.717, 1.165) is 19.3 Å². The van der Waals surface area contributed by atoms with Crippen molar-refractivity contribution in [2.75, 3.05) is 6.54 Å². The van der Waals surface area contributed by atoms with Crippen molar-refractivity contribution in [3.63, 3.8) is 0 Å². The summed E-state index contributed by atoms with van der Waals surface area (Å²) in [6, 6.07) is -0.739. The lowest BCUT2D eigenvalue weighted by Crippen LogP contribution is -2.51. The predicted molar refractivity (Wildman–Crippen MR) is 74.0 cm³/mol. The fourth-order valence-corrected chi connectivity index (χ4v) is 1.96. The van der Waals surface area contributed by atoms with E-state index in [9.17, 15) is 9.59 Å². The van der Waals surface area contributed by atoms with E-state index in [1.807, 2.05) is 0 Å². The molecule has 0 radical (unpaired) electrons. The summed E-state index contributed by atoms with van der Waals surface area (Å²) < 4.78 is 0. The van der Waals surface area contributed by atoms with Gasteiger partial charge in [0.15, 0.2) is 0 Å². The van der Waals surface area contributed by atoms with Crippen LogP contribution in [0.2, 0.25) is 0 Å². The lowest BCUT2D eigenvalue weighted by Gasteiger charge is -2.27. The summed E-state index contributed by atoms with van der Waals surface area (Å²) in [5.41, 5.74) is 0. The minimum absolute atomic E-state index is 0.118. The van der Waals surface area contributed by atoms with Gasteiger partial charge in [-0.2, -0.15) is 0 Å². The van der Waals surface area contributed by atoms with E-state index in [4.69, 9.17) is 5.11 Å². The van der Waals surface area contributed by atoms with Crippen LogP contribution >= 0.6 is 0 Å². The van der Waals surface area contributed by atoms with Crippen LogP contribution in [-0.2, 0) is 4.79 Å². The second kappa shape index (κ2) is 6.78. The van der Waals surface area contributed by atoms with Crippen LogP contribution in [0.1, 0.15) is 47.0 Å². The number of rotatable bonds is 7. The fourth-order valence-electron chi connectivity index (χ4n) is 1.96. The van der Waals surface area contributed by atoms with E-state index in [0.29, 0.717) is 18.5 Å². The van der Waals surface area contributed by atoms with E-state index < -0.39 is 12.0 Å². The van der Waals surface area contributed by atoms with Crippen LogP contribution in [0, 0.1) is 11.8 Å². The van der Waals surface area contributed by atoms with Gasteiger partial charge in [-0.25, -0.2) is 9.59 Å². The Morgan fingerprint density at radius 3 is 2.21 bits per heavy atom. The molecule has 0 aliphatic heterocycles. The average molecular weight is 270 g/mol. The fraction of sp³-hybridized carbons (Fsp3) is 0.857. The van der Waals surface area contributed by atoms with Crippen LogP contribution in [0.25, 0.3) is 0 Å². The summed E-state index contributed by atoms with van der Waals surface area (Å²) in [7, 11) is 0. The van der Waals surface area contributed by atoms with Gasteiger partial charge in [-0.3, -0.25) is 0 Å². The molecule has 1 rings (SSSR count). The Hall–Kier alpha value is -1.26. The topological polar surface area (TPSA) is 69.6 Å². The van der Waals surface area contributed by atoms with E-state index in [2.05, 4.69) is 19.2 Å². The summed E-state index contributed by atoms with van der Waals surface area (Å²) in [6.45, 7) is 8.55. The molecule has 5 heteroatoms. The smallest absolute Gasteiger partial charge is 0.326 e. The molecule has 0 bridgehead atoms. The van der Waals surface area contributed by atoms with Gasteiger partial charge in [0.1, 0.15) is 6.04 Å². The van der Waals surface area contributed by atoms with E-state index in [1.165, 1.54) is 0 Å². The number of amides is 2. The monoisotopic (exact) mass is 270 g/mol. The molecule has 1 atom stereocenters. The first-order valence-electron chi connectivity index (χ1n) is 7.12. The maximum Gasteiger partial charge on any atom is 0.326 e. The summed E-state index contributed by atoms with van der Waals surface area (Å²) >= 11 is 0. The Balaban J connectivity index is 2.58. The molecule has 0 heterocycles. The Bertz CT molecular complexity index is 325. The van der Waals surface area contributed by atoms with Crippen molar-refractivity contribution in [3.8, 4) is 0 Å². The molecule has 1 fully saturated rings. The van der Waals surface area contributed by atoms with Crippen LogP contribution in [-0.4, -0.2) is 40.6 Å². The highest BCUT2D eigenvalue weighted by atomic mass is 16.4. The summed E-state index contributed by atoms with van der Waals surface area (Å²) in [5.74, 6) is -0.551. The lowest BCUT2D eigenvalue weighted by molar-refractivity contribution is -0.140. The number of carboxylic acid groups (broad SMARTS) is 1. The largest absolute Gasteiger partial charge is 0.480 e. The molecule has 1 aliphatic rings.